The molecule has 8 heteroatoms. The van der Waals surface area contributed by atoms with Crippen LogP contribution in [0.5, 0.6) is 5.88 Å². The predicted molar refractivity (Wildman–Crippen MR) is 151 cm³/mol. The Kier molecular flexibility index (Phi) is 8.88. The van der Waals surface area contributed by atoms with Gasteiger partial charge >= 0.3 is 5.97 Å². The zero-order chi connectivity index (χ0) is 27.7. The molecule has 5 rings (SSSR count). The Balaban J connectivity index is 1.25. The van der Waals surface area contributed by atoms with Crippen LogP contribution in [0.2, 0.25) is 0 Å². The molecule has 0 unspecified atom stereocenters. The fourth-order valence-electron chi connectivity index (χ4n) is 5.06. The first-order valence-electron chi connectivity index (χ1n) is 13.6. The van der Waals surface area contributed by atoms with E-state index in [1.807, 2.05) is 84.9 Å². The molecule has 1 saturated carbocycles. The van der Waals surface area contributed by atoms with Crippen LogP contribution in [0.3, 0.4) is 0 Å². The number of nitrogens with one attached hydrogen (secondary N) is 1. The SMILES string of the molecule is O=C(Cn1nc(C(=O)O)cc1OCc1ccccc1-c1ccccc1)N[C@H]1CCCC[C@@H]1OCc1ccccc1. The third kappa shape index (κ3) is 6.95. The summed E-state index contributed by atoms with van der Waals surface area (Å²) >= 11 is 0. The lowest BCUT2D eigenvalue weighted by atomic mass is 9.92. The summed E-state index contributed by atoms with van der Waals surface area (Å²) in [5.74, 6) is -1.24. The second-order valence-corrected chi connectivity index (χ2v) is 9.94. The molecule has 3 aromatic carbocycles. The first-order valence-corrected chi connectivity index (χ1v) is 13.6. The summed E-state index contributed by atoms with van der Waals surface area (Å²) in [7, 11) is 0. The molecule has 8 nitrogen and oxygen atoms in total. The number of ether oxygens (including phenoxy) is 2. The third-order valence-corrected chi connectivity index (χ3v) is 7.09. The Morgan fingerprint density at radius 3 is 2.38 bits per heavy atom. The fraction of sp³-hybridized carbons (Fsp3) is 0.281. The number of rotatable bonds is 11. The Morgan fingerprint density at radius 1 is 0.900 bits per heavy atom. The number of nitrogens with zero attached hydrogens (tertiary/aromatic N) is 2. The Hall–Kier alpha value is -4.43. The van der Waals surface area contributed by atoms with E-state index in [4.69, 9.17) is 9.47 Å². The van der Waals surface area contributed by atoms with Gasteiger partial charge in [-0.25, -0.2) is 9.48 Å². The quantitative estimate of drug-likeness (QED) is 0.262. The Bertz CT molecular complexity index is 1420. The van der Waals surface area contributed by atoms with Gasteiger partial charge in [-0.2, -0.15) is 5.10 Å². The molecule has 0 saturated heterocycles. The smallest absolute Gasteiger partial charge is 0.356 e. The standard InChI is InChI=1S/C32H33N3O5/c36-30(33-27-17-9-10-18-29(27)39-21-23-11-3-1-4-12-23)20-35-31(19-28(34-35)32(37)38)40-22-25-15-7-8-16-26(25)24-13-5-2-6-14-24/h1-8,11-16,19,27,29H,9-10,17-18,20-22H2,(H,33,36)(H,37,38)/t27-,29-/m0/s1. The van der Waals surface area contributed by atoms with Crippen molar-refractivity contribution in [1.82, 2.24) is 15.1 Å². The van der Waals surface area contributed by atoms with E-state index in [0.29, 0.717) is 6.61 Å². The minimum Gasteiger partial charge on any atom is -0.476 e. The van der Waals surface area contributed by atoms with Crippen LogP contribution in [0.25, 0.3) is 11.1 Å². The van der Waals surface area contributed by atoms with Crippen molar-refractivity contribution >= 4 is 11.9 Å². The molecule has 2 atom stereocenters. The van der Waals surface area contributed by atoms with Crippen molar-refractivity contribution in [3.05, 3.63) is 108 Å². The molecular formula is C32H33N3O5. The maximum atomic E-state index is 13.1. The first kappa shape index (κ1) is 27.1. The molecule has 0 aliphatic heterocycles. The molecule has 1 amide bonds. The number of aromatic nitrogens is 2. The predicted octanol–water partition coefficient (Wildman–Crippen LogP) is 5.47. The summed E-state index contributed by atoms with van der Waals surface area (Å²) in [4.78, 5) is 24.8. The zero-order valence-corrected chi connectivity index (χ0v) is 22.2. The van der Waals surface area contributed by atoms with Crippen molar-refractivity contribution in [2.45, 2.75) is 57.6 Å². The van der Waals surface area contributed by atoms with Gasteiger partial charge in [-0.15, -0.1) is 0 Å². The lowest BCUT2D eigenvalue weighted by molar-refractivity contribution is -0.124. The van der Waals surface area contributed by atoms with Crippen LogP contribution in [0.4, 0.5) is 0 Å². The monoisotopic (exact) mass is 539 g/mol. The van der Waals surface area contributed by atoms with Crippen LogP contribution in [-0.4, -0.2) is 38.9 Å². The van der Waals surface area contributed by atoms with Gasteiger partial charge in [0.05, 0.1) is 18.8 Å². The highest BCUT2D eigenvalue weighted by molar-refractivity contribution is 5.86. The zero-order valence-electron chi connectivity index (χ0n) is 22.2. The van der Waals surface area contributed by atoms with Gasteiger partial charge in [0.25, 0.3) is 0 Å². The van der Waals surface area contributed by atoms with Crippen LogP contribution >= 0.6 is 0 Å². The lowest BCUT2D eigenvalue weighted by Gasteiger charge is -2.32. The molecule has 1 aliphatic carbocycles. The van der Waals surface area contributed by atoms with Crippen LogP contribution in [-0.2, 0) is 29.3 Å². The van der Waals surface area contributed by atoms with E-state index in [1.54, 1.807) is 0 Å². The average Bonchev–Trinajstić information content (AvgIpc) is 3.39. The number of hydrogen-bond acceptors (Lipinski definition) is 5. The van der Waals surface area contributed by atoms with Crippen molar-refractivity contribution in [3.8, 4) is 17.0 Å². The molecule has 0 radical (unpaired) electrons. The highest BCUT2D eigenvalue weighted by atomic mass is 16.5. The molecule has 4 aromatic rings. The van der Waals surface area contributed by atoms with Crippen LogP contribution in [0, 0.1) is 0 Å². The second kappa shape index (κ2) is 13.1. The summed E-state index contributed by atoms with van der Waals surface area (Å²) in [6, 6.07) is 29.0. The van der Waals surface area contributed by atoms with E-state index >= 15 is 0 Å². The summed E-state index contributed by atoms with van der Waals surface area (Å²) < 4.78 is 13.5. The molecule has 0 bridgehead atoms. The molecule has 0 spiro atoms. The first-order chi connectivity index (χ1) is 19.6. The Morgan fingerprint density at radius 2 is 1.60 bits per heavy atom. The average molecular weight is 540 g/mol. The van der Waals surface area contributed by atoms with Gasteiger partial charge in [0.1, 0.15) is 13.2 Å². The van der Waals surface area contributed by atoms with Crippen LogP contribution in [0.15, 0.2) is 91.0 Å². The van der Waals surface area contributed by atoms with E-state index < -0.39 is 5.97 Å². The Labute approximate surface area is 233 Å². The summed E-state index contributed by atoms with van der Waals surface area (Å²) in [5, 5.41) is 16.8. The molecule has 1 fully saturated rings. The van der Waals surface area contributed by atoms with Gasteiger partial charge in [0.15, 0.2) is 5.69 Å². The summed E-state index contributed by atoms with van der Waals surface area (Å²) in [6.07, 6.45) is 3.67. The largest absolute Gasteiger partial charge is 0.476 e. The second-order valence-electron chi connectivity index (χ2n) is 9.94. The van der Waals surface area contributed by atoms with E-state index in [9.17, 15) is 14.7 Å². The van der Waals surface area contributed by atoms with Gasteiger partial charge in [-0.3, -0.25) is 4.79 Å². The molecule has 2 N–H and O–H groups in total. The number of aromatic carboxylic acids is 1. The van der Waals surface area contributed by atoms with Gasteiger partial charge in [0.2, 0.25) is 11.8 Å². The number of carboxylic acids is 1. The van der Waals surface area contributed by atoms with Crippen molar-refractivity contribution in [1.29, 1.82) is 0 Å². The summed E-state index contributed by atoms with van der Waals surface area (Å²) in [5.41, 5.74) is 3.91. The maximum Gasteiger partial charge on any atom is 0.356 e. The number of carbonyl (C=O) groups is 2. The summed E-state index contributed by atoms with van der Waals surface area (Å²) in [6.45, 7) is 0.516. The fourth-order valence-corrected chi connectivity index (χ4v) is 5.06. The third-order valence-electron chi connectivity index (χ3n) is 7.09. The molecule has 206 valence electrons. The van der Waals surface area contributed by atoms with Gasteiger partial charge in [0, 0.05) is 6.07 Å². The van der Waals surface area contributed by atoms with E-state index in [2.05, 4.69) is 10.4 Å². The molecule has 1 heterocycles. The maximum absolute atomic E-state index is 13.1. The van der Waals surface area contributed by atoms with Crippen molar-refractivity contribution in [2.24, 2.45) is 0 Å². The molecule has 1 aromatic heterocycles. The van der Waals surface area contributed by atoms with Crippen molar-refractivity contribution < 1.29 is 24.2 Å². The lowest BCUT2D eigenvalue weighted by Crippen LogP contribution is -2.47. The van der Waals surface area contributed by atoms with Crippen molar-refractivity contribution in [3.63, 3.8) is 0 Å². The number of carbonyl (C=O) groups excluding carboxylic acids is 1. The number of carboxylic acid groups (broad SMARTS) is 1. The van der Waals surface area contributed by atoms with Gasteiger partial charge < -0.3 is 19.9 Å². The van der Waals surface area contributed by atoms with Crippen LogP contribution < -0.4 is 10.1 Å². The van der Waals surface area contributed by atoms with E-state index in [1.165, 1.54) is 10.7 Å². The number of amides is 1. The normalized spacial score (nSPS) is 16.8. The highest BCUT2D eigenvalue weighted by Gasteiger charge is 2.28. The number of hydrogen-bond donors (Lipinski definition) is 2. The topological polar surface area (TPSA) is 103 Å². The van der Waals surface area contributed by atoms with E-state index in [0.717, 1.165) is 47.9 Å². The minimum absolute atomic E-state index is 0.0877. The number of benzene rings is 3. The van der Waals surface area contributed by atoms with Crippen molar-refractivity contribution in [2.75, 3.05) is 0 Å². The highest BCUT2D eigenvalue weighted by Crippen LogP contribution is 2.26. The van der Waals surface area contributed by atoms with Gasteiger partial charge in [-0.1, -0.05) is 97.8 Å². The minimum atomic E-state index is -1.18. The van der Waals surface area contributed by atoms with Crippen LogP contribution in [0.1, 0.15) is 47.3 Å². The molecular weight excluding hydrogens is 506 g/mol. The molecule has 1 aliphatic rings. The molecule has 40 heavy (non-hydrogen) atoms. The van der Waals surface area contributed by atoms with Gasteiger partial charge in [-0.05, 0) is 35.1 Å². The van der Waals surface area contributed by atoms with E-state index in [-0.39, 0.29) is 42.8 Å².